The summed E-state index contributed by atoms with van der Waals surface area (Å²) in [7, 11) is 2.04. The van der Waals surface area contributed by atoms with E-state index in [2.05, 4.69) is 34.0 Å². The molecule has 17 heavy (non-hydrogen) atoms. The van der Waals surface area contributed by atoms with Gasteiger partial charge in [0.25, 0.3) is 0 Å². The zero-order valence-electron chi connectivity index (χ0n) is 11.1. The van der Waals surface area contributed by atoms with Crippen molar-refractivity contribution >= 4 is 11.6 Å². The summed E-state index contributed by atoms with van der Waals surface area (Å²) < 4.78 is 0. The fourth-order valence-corrected chi connectivity index (χ4v) is 1.56. The largest absolute Gasteiger partial charge is 0.368 e. The maximum Gasteiger partial charge on any atom is 0.133 e. The third-order valence-electron chi connectivity index (χ3n) is 2.29. The lowest BCUT2D eigenvalue weighted by Crippen LogP contribution is -2.26. The Morgan fingerprint density at radius 2 is 2.06 bits per heavy atom. The summed E-state index contributed by atoms with van der Waals surface area (Å²) in [5.41, 5.74) is 5.69. The van der Waals surface area contributed by atoms with E-state index in [1.165, 1.54) is 0 Å². The Kier molecular flexibility index (Phi) is 5.15. The van der Waals surface area contributed by atoms with Crippen LogP contribution >= 0.6 is 0 Å². The molecule has 96 valence electrons. The molecule has 0 amide bonds. The molecule has 0 bridgehead atoms. The van der Waals surface area contributed by atoms with Gasteiger partial charge in [-0.15, -0.1) is 0 Å². The smallest absolute Gasteiger partial charge is 0.133 e. The van der Waals surface area contributed by atoms with Crippen LogP contribution in [0.4, 0.5) is 11.6 Å². The molecular formula is C12H23N5. The molecule has 0 fully saturated rings. The zero-order chi connectivity index (χ0) is 12.8. The van der Waals surface area contributed by atoms with Crippen molar-refractivity contribution in [2.45, 2.75) is 26.8 Å². The van der Waals surface area contributed by atoms with Crippen molar-refractivity contribution in [2.24, 2.45) is 11.7 Å². The second-order valence-electron chi connectivity index (χ2n) is 4.89. The second kappa shape index (κ2) is 6.39. The Bertz CT molecular complexity index is 337. The lowest BCUT2D eigenvalue weighted by atomic mass is 10.2. The van der Waals surface area contributed by atoms with Gasteiger partial charge in [0.05, 0.1) is 0 Å². The predicted molar refractivity (Wildman–Crippen MR) is 72.3 cm³/mol. The molecule has 1 atom stereocenters. The van der Waals surface area contributed by atoms with E-state index in [-0.39, 0.29) is 6.04 Å². The van der Waals surface area contributed by atoms with E-state index in [0.717, 1.165) is 18.2 Å². The van der Waals surface area contributed by atoms with Crippen LogP contribution in [0.5, 0.6) is 0 Å². The van der Waals surface area contributed by atoms with Crippen LogP contribution < -0.4 is 16.0 Å². The number of nitrogens with two attached hydrogens (primary N) is 1. The Hall–Kier alpha value is -1.36. The normalized spacial score (nSPS) is 12.6. The highest BCUT2D eigenvalue weighted by Crippen LogP contribution is 2.13. The first-order chi connectivity index (χ1) is 7.99. The minimum Gasteiger partial charge on any atom is -0.368 e. The van der Waals surface area contributed by atoms with E-state index < -0.39 is 0 Å². The van der Waals surface area contributed by atoms with Crippen molar-refractivity contribution in [3.63, 3.8) is 0 Å². The molecule has 1 aromatic rings. The summed E-state index contributed by atoms with van der Waals surface area (Å²) >= 11 is 0. The first-order valence-corrected chi connectivity index (χ1v) is 6.01. The molecule has 1 aromatic heterocycles. The average molecular weight is 237 g/mol. The standard InChI is InChI=1S/C12H23N5/c1-9(2)7-17(4)12-5-11(15-8-16-12)14-6-10(3)13/h5,8-10H,6-7,13H2,1-4H3,(H,14,15,16). The average Bonchev–Trinajstić information content (AvgIpc) is 2.26. The van der Waals surface area contributed by atoms with Gasteiger partial charge in [0.1, 0.15) is 18.0 Å². The highest BCUT2D eigenvalue weighted by atomic mass is 15.2. The van der Waals surface area contributed by atoms with Crippen LogP contribution in [0.15, 0.2) is 12.4 Å². The molecule has 0 saturated heterocycles. The summed E-state index contributed by atoms with van der Waals surface area (Å²) in [5.74, 6) is 2.36. The van der Waals surface area contributed by atoms with Crippen LogP contribution in [-0.4, -0.2) is 36.1 Å². The van der Waals surface area contributed by atoms with E-state index in [1.54, 1.807) is 6.33 Å². The summed E-state index contributed by atoms with van der Waals surface area (Å²) in [6.07, 6.45) is 1.58. The minimum absolute atomic E-state index is 0.113. The van der Waals surface area contributed by atoms with Gasteiger partial charge in [-0.2, -0.15) is 0 Å². The van der Waals surface area contributed by atoms with Gasteiger partial charge in [-0.1, -0.05) is 13.8 Å². The maximum absolute atomic E-state index is 5.69. The van der Waals surface area contributed by atoms with Crippen molar-refractivity contribution in [3.8, 4) is 0 Å². The van der Waals surface area contributed by atoms with Gasteiger partial charge < -0.3 is 16.0 Å². The first kappa shape index (κ1) is 13.7. The van der Waals surface area contributed by atoms with Gasteiger partial charge in [0.2, 0.25) is 0 Å². The molecule has 0 aliphatic heterocycles. The van der Waals surface area contributed by atoms with Crippen LogP contribution in [0.2, 0.25) is 0 Å². The van der Waals surface area contributed by atoms with Gasteiger partial charge in [-0.25, -0.2) is 9.97 Å². The molecule has 0 aromatic carbocycles. The van der Waals surface area contributed by atoms with Gasteiger partial charge >= 0.3 is 0 Å². The van der Waals surface area contributed by atoms with Gasteiger partial charge in [0.15, 0.2) is 0 Å². The molecule has 0 saturated carbocycles. The predicted octanol–water partition coefficient (Wildman–Crippen LogP) is 1.33. The Morgan fingerprint density at radius 3 is 2.65 bits per heavy atom. The molecule has 3 N–H and O–H groups in total. The Balaban J connectivity index is 2.64. The molecule has 0 spiro atoms. The molecule has 5 nitrogen and oxygen atoms in total. The zero-order valence-corrected chi connectivity index (χ0v) is 11.1. The number of anilines is 2. The number of hydrogen-bond acceptors (Lipinski definition) is 5. The van der Waals surface area contributed by atoms with Gasteiger partial charge in [-0.3, -0.25) is 0 Å². The highest BCUT2D eigenvalue weighted by molar-refractivity contribution is 5.47. The van der Waals surface area contributed by atoms with E-state index in [0.29, 0.717) is 12.5 Å². The lowest BCUT2D eigenvalue weighted by Gasteiger charge is -2.20. The quantitative estimate of drug-likeness (QED) is 0.781. The molecule has 5 heteroatoms. The van der Waals surface area contributed by atoms with Crippen molar-refractivity contribution in [3.05, 3.63) is 12.4 Å². The fourth-order valence-electron chi connectivity index (χ4n) is 1.56. The third-order valence-corrected chi connectivity index (χ3v) is 2.29. The van der Waals surface area contributed by atoms with Crippen LogP contribution in [-0.2, 0) is 0 Å². The van der Waals surface area contributed by atoms with E-state index in [4.69, 9.17) is 5.73 Å². The van der Waals surface area contributed by atoms with E-state index >= 15 is 0 Å². The molecule has 1 rings (SSSR count). The molecule has 0 radical (unpaired) electrons. The van der Waals surface area contributed by atoms with Crippen LogP contribution in [0.1, 0.15) is 20.8 Å². The number of nitrogens with zero attached hydrogens (tertiary/aromatic N) is 3. The van der Waals surface area contributed by atoms with Gasteiger partial charge in [-0.05, 0) is 12.8 Å². The summed E-state index contributed by atoms with van der Waals surface area (Å²) in [6.45, 7) is 8.02. The molecular weight excluding hydrogens is 214 g/mol. The maximum atomic E-state index is 5.69. The number of aromatic nitrogens is 2. The van der Waals surface area contributed by atoms with Crippen LogP contribution in [0.3, 0.4) is 0 Å². The van der Waals surface area contributed by atoms with Crippen molar-refractivity contribution in [1.29, 1.82) is 0 Å². The van der Waals surface area contributed by atoms with Crippen LogP contribution in [0.25, 0.3) is 0 Å². The van der Waals surface area contributed by atoms with Crippen LogP contribution in [0, 0.1) is 5.92 Å². The molecule has 0 aliphatic rings. The number of hydrogen-bond donors (Lipinski definition) is 2. The molecule has 0 aliphatic carbocycles. The molecule has 1 unspecified atom stereocenters. The summed E-state index contributed by atoms with van der Waals surface area (Å²) in [4.78, 5) is 10.6. The van der Waals surface area contributed by atoms with Crippen molar-refractivity contribution in [1.82, 2.24) is 9.97 Å². The Labute approximate surface area is 103 Å². The lowest BCUT2D eigenvalue weighted by molar-refractivity contribution is 0.634. The number of rotatable bonds is 6. The SMILES string of the molecule is CC(C)CN(C)c1cc(NCC(C)N)ncn1. The third kappa shape index (κ3) is 4.99. The fraction of sp³-hybridized carbons (Fsp3) is 0.667. The van der Waals surface area contributed by atoms with E-state index in [9.17, 15) is 0 Å². The Morgan fingerprint density at radius 1 is 1.35 bits per heavy atom. The number of nitrogens with one attached hydrogen (secondary N) is 1. The van der Waals surface area contributed by atoms with Crippen molar-refractivity contribution in [2.75, 3.05) is 30.4 Å². The first-order valence-electron chi connectivity index (χ1n) is 6.01. The minimum atomic E-state index is 0.113. The summed E-state index contributed by atoms with van der Waals surface area (Å²) in [5, 5.41) is 3.19. The molecule has 1 heterocycles. The topological polar surface area (TPSA) is 67.1 Å². The second-order valence-corrected chi connectivity index (χ2v) is 4.89. The van der Waals surface area contributed by atoms with Crippen molar-refractivity contribution < 1.29 is 0 Å². The summed E-state index contributed by atoms with van der Waals surface area (Å²) in [6, 6.07) is 2.06. The monoisotopic (exact) mass is 237 g/mol. The van der Waals surface area contributed by atoms with Gasteiger partial charge in [0, 0.05) is 32.2 Å². The van der Waals surface area contributed by atoms with E-state index in [1.807, 2.05) is 20.0 Å². The highest BCUT2D eigenvalue weighted by Gasteiger charge is 2.06.